The Morgan fingerprint density at radius 2 is 1.96 bits per heavy atom. The molecule has 0 radical (unpaired) electrons. The van der Waals surface area contributed by atoms with E-state index in [1.807, 2.05) is 36.4 Å². The van der Waals surface area contributed by atoms with Crippen LogP contribution in [0.3, 0.4) is 0 Å². The van der Waals surface area contributed by atoms with Crippen LogP contribution in [0.25, 0.3) is 22.2 Å². The van der Waals surface area contributed by atoms with E-state index in [9.17, 15) is 9.65 Å². The largest absolute Gasteiger partial charge is 0.418 e. The minimum Gasteiger partial charge on any atom is -0.418 e. The number of nitriles is 1. The molecule has 0 bridgehead atoms. The van der Waals surface area contributed by atoms with Crippen molar-refractivity contribution in [3.63, 3.8) is 0 Å². The average molecular weight is 344 g/mol. The molecular formula is C20H13FN4O. The Morgan fingerprint density at radius 3 is 2.69 bits per heavy atom. The van der Waals surface area contributed by atoms with Crippen molar-refractivity contribution in [3.8, 4) is 17.2 Å². The molecule has 6 heteroatoms. The molecule has 126 valence electrons. The minimum absolute atomic E-state index is 0.0545. The number of halogens is 1. The molecule has 0 aliphatic rings. The van der Waals surface area contributed by atoms with Gasteiger partial charge >= 0.3 is 0 Å². The maximum absolute atomic E-state index is 13.8. The smallest absolute Gasteiger partial charge is 0.248 e. The Balaban J connectivity index is 2.02. The second-order valence-corrected chi connectivity index (χ2v) is 5.85. The second kappa shape index (κ2) is 6.30. The van der Waals surface area contributed by atoms with E-state index in [1.54, 1.807) is 12.1 Å². The zero-order valence-corrected chi connectivity index (χ0v) is 13.6. The lowest BCUT2D eigenvalue weighted by atomic mass is 9.96. The van der Waals surface area contributed by atoms with Gasteiger partial charge in [0.1, 0.15) is 17.4 Å². The van der Waals surface area contributed by atoms with E-state index >= 15 is 0 Å². The molecule has 0 atom stereocenters. The van der Waals surface area contributed by atoms with Gasteiger partial charge in [0, 0.05) is 12.0 Å². The Hall–Kier alpha value is -3.72. The third-order valence-corrected chi connectivity index (χ3v) is 4.18. The highest BCUT2D eigenvalue weighted by atomic mass is 19.1. The zero-order chi connectivity index (χ0) is 18.1. The Bertz CT molecular complexity index is 1200. The molecule has 2 aromatic heterocycles. The fourth-order valence-corrected chi connectivity index (χ4v) is 3.04. The van der Waals surface area contributed by atoms with E-state index in [0.29, 0.717) is 22.9 Å². The summed E-state index contributed by atoms with van der Waals surface area (Å²) in [4.78, 5) is 0. The minimum atomic E-state index is -0.417. The van der Waals surface area contributed by atoms with Crippen LogP contribution in [0.4, 0.5) is 4.39 Å². The van der Waals surface area contributed by atoms with Gasteiger partial charge in [0.2, 0.25) is 11.3 Å². The van der Waals surface area contributed by atoms with Crippen LogP contribution in [0.2, 0.25) is 0 Å². The molecule has 4 aromatic rings. The first-order valence-electron chi connectivity index (χ1n) is 7.96. The van der Waals surface area contributed by atoms with E-state index in [-0.39, 0.29) is 16.8 Å². The fourth-order valence-electron chi connectivity index (χ4n) is 3.04. The maximum Gasteiger partial charge on any atom is 0.248 e. The SMILES string of the molecule is N#Cc1c(-c2cccc(F)c2)c2c(Cc3ccccc3)[nH]nc2oc1=N. The Morgan fingerprint density at radius 1 is 1.15 bits per heavy atom. The van der Waals surface area contributed by atoms with Crippen molar-refractivity contribution in [1.29, 1.82) is 10.7 Å². The molecule has 2 N–H and O–H groups in total. The van der Waals surface area contributed by atoms with Crippen LogP contribution in [-0.4, -0.2) is 10.2 Å². The van der Waals surface area contributed by atoms with Crippen LogP contribution in [0, 0.1) is 22.6 Å². The summed E-state index contributed by atoms with van der Waals surface area (Å²) in [6.07, 6.45) is 0.539. The van der Waals surface area contributed by atoms with Crippen molar-refractivity contribution in [1.82, 2.24) is 10.2 Å². The molecule has 2 aromatic carbocycles. The molecular weight excluding hydrogens is 331 g/mol. The van der Waals surface area contributed by atoms with E-state index < -0.39 is 5.82 Å². The molecule has 5 nitrogen and oxygen atoms in total. The number of hydrogen-bond donors (Lipinski definition) is 2. The van der Waals surface area contributed by atoms with Crippen molar-refractivity contribution in [2.24, 2.45) is 0 Å². The molecule has 0 spiro atoms. The number of aromatic amines is 1. The normalized spacial score (nSPS) is 10.8. The van der Waals surface area contributed by atoms with E-state index in [2.05, 4.69) is 10.2 Å². The zero-order valence-electron chi connectivity index (χ0n) is 13.6. The predicted molar refractivity (Wildman–Crippen MR) is 93.6 cm³/mol. The monoisotopic (exact) mass is 344 g/mol. The summed E-state index contributed by atoms with van der Waals surface area (Å²) in [6, 6.07) is 17.7. The van der Waals surface area contributed by atoms with Crippen LogP contribution in [-0.2, 0) is 6.42 Å². The number of hydrogen-bond acceptors (Lipinski definition) is 4. The summed E-state index contributed by atoms with van der Waals surface area (Å²) in [5, 5.41) is 25.2. The lowest BCUT2D eigenvalue weighted by Gasteiger charge is -2.08. The van der Waals surface area contributed by atoms with Gasteiger partial charge in [-0.05, 0) is 23.3 Å². The van der Waals surface area contributed by atoms with Gasteiger partial charge in [0.25, 0.3) is 0 Å². The maximum atomic E-state index is 13.8. The number of benzene rings is 2. The van der Waals surface area contributed by atoms with Gasteiger partial charge in [-0.15, -0.1) is 5.10 Å². The lowest BCUT2D eigenvalue weighted by molar-refractivity contribution is 0.520. The molecule has 0 aliphatic heterocycles. The summed E-state index contributed by atoms with van der Waals surface area (Å²) in [5.74, 6) is -0.417. The summed E-state index contributed by atoms with van der Waals surface area (Å²) in [6.45, 7) is 0. The van der Waals surface area contributed by atoms with E-state index in [0.717, 1.165) is 11.3 Å². The van der Waals surface area contributed by atoms with Crippen LogP contribution >= 0.6 is 0 Å². The van der Waals surface area contributed by atoms with Gasteiger partial charge in [0.05, 0.1) is 11.1 Å². The molecule has 0 saturated heterocycles. The van der Waals surface area contributed by atoms with Gasteiger partial charge in [-0.1, -0.05) is 42.5 Å². The highest BCUT2D eigenvalue weighted by Gasteiger charge is 2.20. The summed E-state index contributed by atoms with van der Waals surface area (Å²) < 4.78 is 19.2. The molecule has 2 heterocycles. The first-order chi connectivity index (χ1) is 12.7. The summed E-state index contributed by atoms with van der Waals surface area (Å²) >= 11 is 0. The first-order valence-corrected chi connectivity index (χ1v) is 7.96. The van der Waals surface area contributed by atoms with Gasteiger partial charge in [-0.3, -0.25) is 10.5 Å². The van der Waals surface area contributed by atoms with Crippen molar-refractivity contribution in [2.75, 3.05) is 0 Å². The van der Waals surface area contributed by atoms with Gasteiger partial charge in [0.15, 0.2) is 0 Å². The van der Waals surface area contributed by atoms with Gasteiger partial charge in [-0.25, -0.2) is 4.39 Å². The number of H-pyrrole nitrogens is 1. The van der Waals surface area contributed by atoms with E-state index in [1.165, 1.54) is 12.1 Å². The molecule has 0 unspecified atom stereocenters. The molecule has 0 fully saturated rings. The molecule has 26 heavy (non-hydrogen) atoms. The van der Waals surface area contributed by atoms with Crippen molar-refractivity contribution in [3.05, 3.63) is 82.8 Å². The number of rotatable bonds is 3. The Kier molecular flexibility index (Phi) is 3.82. The average Bonchev–Trinajstić information content (AvgIpc) is 3.03. The fraction of sp³-hybridized carbons (Fsp3) is 0.0500. The second-order valence-electron chi connectivity index (χ2n) is 5.85. The predicted octanol–water partition coefficient (Wildman–Crippen LogP) is 3.90. The highest BCUT2D eigenvalue weighted by Crippen LogP contribution is 2.32. The first kappa shape index (κ1) is 15.8. The number of nitrogens with one attached hydrogen (secondary N) is 2. The number of aromatic nitrogens is 2. The van der Waals surface area contributed by atoms with Crippen molar-refractivity contribution < 1.29 is 8.81 Å². The number of fused-ring (bicyclic) bond motifs is 1. The third-order valence-electron chi connectivity index (χ3n) is 4.18. The molecule has 0 aliphatic carbocycles. The Labute approximate surface area is 147 Å². The standard InChI is InChI=1S/C20H13FN4O/c21-14-8-4-7-13(10-14)17-15(11-22)19(23)26-20-18(17)16(24-25-20)9-12-5-2-1-3-6-12/h1-8,10,23H,9H2,(H,24,25). The van der Waals surface area contributed by atoms with Gasteiger partial charge < -0.3 is 4.42 Å². The van der Waals surface area contributed by atoms with E-state index in [4.69, 9.17) is 9.83 Å². The van der Waals surface area contributed by atoms with Gasteiger partial charge in [-0.2, -0.15) is 5.26 Å². The van der Waals surface area contributed by atoms with Crippen LogP contribution in [0.15, 0.2) is 59.0 Å². The molecule has 4 rings (SSSR count). The molecule has 0 saturated carbocycles. The topological polar surface area (TPSA) is 89.5 Å². The van der Waals surface area contributed by atoms with Crippen LogP contribution in [0.1, 0.15) is 16.8 Å². The quantitative estimate of drug-likeness (QED) is 0.590. The van der Waals surface area contributed by atoms with Crippen molar-refractivity contribution >= 4 is 11.1 Å². The summed E-state index contributed by atoms with van der Waals surface area (Å²) in [5.41, 5.74) is 2.74. The lowest BCUT2D eigenvalue weighted by Crippen LogP contribution is -2.07. The summed E-state index contributed by atoms with van der Waals surface area (Å²) in [7, 11) is 0. The van der Waals surface area contributed by atoms with Crippen molar-refractivity contribution in [2.45, 2.75) is 6.42 Å². The van der Waals surface area contributed by atoms with Crippen LogP contribution < -0.4 is 5.55 Å². The number of nitrogens with zero attached hydrogens (tertiary/aromatic N) is 2. The third kappa shape index (κ3) is 2.66. The highest BCUT2D eigenvalue weighted by molar-refractivity contribution is 5.96. The van der Waals surface area contributed by atoms with Crippen LogP contribution in [0.5, 0.6) is 0 Å². The molecule has 0 amide bonds.